The molecule has 4 rings (SSSR count). The molecule has 3 heterocycles. The smallest absolute Gasteiger partial charge is 0.183 e. The summed E-state index contributed by atoms with van der Waals surface area (Å²) in [6, 6.07) is 6.11. The summed E-state index contributed by atoms with van der Waals surface area (Å²) >= 11 is 8.24. The quantitative estimate of drug-likeness (QED) is 0.560. The number of morpholine rings is 1. The maximum atomic E-state index is 6.70. The van der Waals surface area contributed by atoms with E-state index in [1.54, 1.807) is 18.4 Å². The Labute approximate surface area is 184 Å². The average molecular weight is 449 g/mol. The third-order valence-electron chi connectivity index (χ3n) is 4.68. The molecular weight excluding hydrogens is 424 g/mol. The van der Waals surface area contributed by atoms with Crippen molar-refractivity contribution in [2.24, 2.45) is 0 Å². The van der Waals surface area contributed by atoms with Gasteiger partial charge in [-0.25, -0.2) is 9.97 Å². The molecule has 0 amide bonds. The number of hydrogen-bond acceptors (Lipinski definition) is 8. The molecule has 1 unspecified atom stereocenters. The van der Waals surface area contributed by atoms with Gasteiger partial charge in [-0.1, -0.05) is 11.6 Å². The highest BCUT2D eigenvalue weighted by Gasteiger charge is 2.18. The number of pyridine rings is 1. The van der Waals surface area contributed by atoms with Crippen molar-refractivity contribution in [3.8, 4) is 22.9 Å². The van der Waals surface area contributed by atoms with Crippen LogP contribution in [0.25, 0.3) is 22.3 Å². The predicted octanol–water partition coefficient (Wildman–Crippen LogP) is 4.21. The van der Waals surface area contributed by atoms with Crippen LogP contribution in [0.4, 0.5) is 5.13 Å². The second kappa shape index (κ2) is 9.34. The molecule has 7 nitrogen and oxygen atoms in total. The summed E-state index contributed by atoms with van der Waals surface area (Å²) in [5.74, 6) is 1.28. The van der Waals surface area contributed by atoms with Crippen LogP contribution in [0, 0.1) is 0 Å². The van der Waals surface area contributed by atoms with E-state index < -0.39 is 0 Å². The van der Waals surface area contributed by atoms with Crippen LogP contribution in [-0.4, -0.2) is 55.5 Å². The molecule has 30 heavy (non-hydrogen) atoms. The molecule has 1 fully saturated rings. The summed E-state index contributed by atoms with van der Waals surface area (Å²) in [7, 11) is 1.64. The third-order valence-corrected chi connectivity index (χ3v) is 5.82. The van der Waals surface area contributed by atoms with Crippen molar-refractivity contribution in [3.05, 3.63) is 28.6 Å². The molecular formula is C21H25ClN4O3S. The maximum absolute atomic E-state index is 6.70. The highest BCUT2D eigenvalue weighted by atomic mass is 35.5. The third kappa shape index (κ3) is 4.62. The first-order chi connectivity index (χ1) is 14.5. The van der Waals surface area contributed by atoms with Crippen LogP contribution in [0.3, 0.4) is 0 Å². The van der Waals surface area contributed by atoms with Gasteiger partial charge >= 0.3 is 0 Å². The first-order valence-electron chi connectivity index (χ1n) is 9.88. The lowest BCUT2D eigenvalue weighted by molar-refractivity contribution is 0.0593. The normalized spacial score (nSPS) is 16.8. The Bertz CT molecular complexity index is 1020. The molecule has 0 saturated carbocycles. The SMILES string of the molecule is COc1cc(-c2csc(NC(C)C)n2)nc2c(Cl)c(OCC3COCCN3)ccc12. The Kier molecular flexibility index (Phi) is 6.58. The number of fused-ring (bicyclic) bond motifs is 1. The lowest BCUT2D eigenvalue weighted by Crippen LogP contribution is -2.44. The van der Waals surface area contributed by atoms with E-state index in [1.165, 1.54) is 0 Å². The molecule has 0 radical (unpaired) electrons. The van der Waals surface area contributed by atoms with E-state index in [2.05, 4.69) is 29.5 Å². The maximum Gasteiger partial charge on any atom is 0.183 e. The van der Waals surface area contributed by atoms with E-state index in [0.717, 1.165) is 29.4 Å². The number of nitrogens with one attached hydrogen (secondary N) is 2. The van der Waals surface area contributed by atoms with E-state index >= 15 is 0 Å². The number of anilines is 1. The zero-order chi connectivity index (χ0) is 21.1. The Morgan fingerprint density at radius 1 is 1.30 bits per heavy atom. The van der Waals surface area contributed by atoms with Crippen molar-refractivity contribution < 1.29 is 14.2 Å². The van der Waals surface area contributed by atoms with Crippen LogP contribution < -0.4 is 20.1 Å². The van der Waals surface area contributed by atoms with Gasteiger partial charge in [-0.2, -0.15) is 0 Å². The van der Waals surface area contributed by atoms with Gasteiger partial charge in [0.05, 0.1) is 37.6 Å². The predicted molar refractivity (Wildman–Crippen MR) is 121 cm³/mol. The van der Waals surface area contributed by atoms with Gasteiger partial charge in [-0.3, -0.25) is 0 Å². The van der Waals surface area contributed by atoms with Crippen LogP contribution in [0.5, 0.6) is 11.5 Å². The van der Waals surface area contributed by atoms with Crippen molar-refractivity contribution in [1.29, 1.82) is 0 Å². The number of rotatable bonds is 7. The van der Waals surface area contributed by atoms with Crippen molar-refractivity contribution in [3.63, 3.8) is 0 Å². The first-order valence-corrected chi connectivity index (χ1v) is 11.1. The first kappa shape index (κ1) is 21.1. The molecule has 2 N–H and O–H groups in total. The fraction of sp³-hybridized carbons (Fsp3) is 0.429. The van der Waals surface area contributed by atoms with Gasteiger partial charge in [0.1, 0.15) is 28.8 Å². The van der Waals surface area contributed by atoms with E-state index in [0.29, 0.717) is 47.0 Å². The van der Waals surface area contributed by atoms with Gasteiger partial charge in [-0.05, 0) is 26.0 Å². The molecule has 2 aromatic heterocycles. The molecule has 0 bridgehead atoms. The molecule has 9 heteroatoms. The zero-order valence-corrected chi connectivity index (χ0v) is 18.8. The van der Waals surface area contributed by atoms with Crippen LogP contribution in [0.15, 0.2) is 23.6 Å². The fourth-order valence-corrected chi connectivity index (χ4v) is 4.36. The van der Waals surface area contributed by atoms with Gasteiger partial charge in [0.2, 0.25) is 0 Å². The van der Waals surface area contributed by atoms with E-state index in [4.69, 9.17) is 30.8 Å². The lowest BCUT2D eigenvalue weighted by atomic mass is 10.1. The number of methoxy groups -OCH3 is 1. The molecule has 3 aromatic rings. The Balaban J connectivity index is 1.65. The molecule has 1 saturated heterocycles. The van der Waals surface area contributed by atoms with Crippen LogP contribution in [0.1, 0.15) is 13.8 Å². The molecule has 1 aliphatic rings. The second-order valence-electron chi connectivity index (χ2n) is 7.36. The summed E-state index contributed by atoms with van der Waals surface area (Å²) in [6.07, 6.45) is 0. The standard InChI is InChI=1S/C21H25ClN4O3S/c1-12(2)24-21-26-16(11-30-21)15-8-18(27-3)14-4-5-17(19(22)20(14)25-15)29-10-13-9-28-7-6-23-13/h4-5,8,11-13,23H,6-7,9-10H2,1-3H3,(H,24,26). The van der Waals surface area contributed by atoms with Crippen LogP contribution in [-0.2, 0) is 4.74 Å². The van der Waals surface area contributed by atoms with Crippen molar-refractivity contribution in [2.75, 3.05) is 38.8 Å². The number of hydrogen-bond donors (Lipinski definition) is 2. The molecule has 160 valence electrons. The van der Waals surface area contributed by atoms with E-state index in [1.807, 2.05) is 23.6 Å². The number of ether oxygens (including phenoxy) is 3. The minimum Gasteiger partial charge on any atom is -0.496 e. The largest absolute Gasteiger partial charge is 0.496 e. The number of halogens is 1. The topological polar surface area (TPSA) is 77.5 Å². The highest BCUT2D eigenvalue weighted by molar-refractivity contribution is 7.14. The average Bonchev–Trinajstić information content (AvgIpc) is 3.21. The Morgan fingerprint density at radius 3 is 2.90 bits per heavy atom. The van der Waals surface area contributed by atoms with Crippen molar-refractivity contribution in [1.82, 2.24) is 15.3 Å². The van der Waals surface area contributed by atoms with Gasteiger partial charge in [-0.15, -0.1) is 11.3 Å². The van der Waals surface area contributed by atoms with Gasteiger partial charge < -0.3 is 24.8 Å². The summed E-state index contributed by atoms with van der Waals surface area (Å²) in [4.78, 5) is 9.43. The molecule has 1 aliphatic heterocycles. The summed E-state index contributed by atoms with van der Waals surface area (Å²) in [5.41, 5.74) is 2.10. The summed E-state index contributed by atoms with van der Waals surface area (Å²) in [6.45, 7) is 6.80. The molecule has 0 aliphatic carbocycles. The van der Waals surface area contributed by atoms with Crippen molar-refractivity contribution in [2.45, 2.75) is 25.9 Å². The van der Waals surface area contributed by atoms with E-state index in [9.17, 15) is 0 Å². The van der Waals surface area contributed by atoms with Gasteiger partial charge in [0, 0.05) is 29.4 Å². The summed E-state index contributed by atoms with van der Waals surface area (Å²) < 4.78 is 17.1. The number of nitrogens with zero attached hydrogens (tertiary/aromatic N) is 2. The van der Waals surface area contributed by atoms with Gasteiger partial charge in [0.25, 0.3) is 0 Å². The summed E-state index contributed by atoms with van der Waals surface area (Å²) in [5, 5.41) is 10.8. The van der Waals surface area contributed by atoms with Crippen LogP contribution in [0.2, 0.25) is 5.02 Å². The molecule has 0 spiro atoms. The molecule has 1 atom stereocenters. The minimum absolute atomic E-state index is 0.140. The number of benzene rings is 1. The van der Waals surface area contributed by atoms with Gasteiger partial charge in [0.15, 0.2) is 5.13 Å². The van der Waals surface area contributed by atoms with Crippen molar-refractivity contribution >= 4 is 39.0 Å². The van der Waals surface area contributed by atoms with Crippen LogP contribution >= 0.6 is 22.9 Å². The Hall–Kier alpha value is -2.13. The highest BCUT2D eigenvalue weighted by Crippen LogP contribution is 2.38. The number of aromatic nitrogens is 2. The lowest BCUT2D eigenvalue weighted by Gasteiger charge is -2.24. The minimum atomic E-state index is 0.140. The van der Waals surface area contributed by atoms with E-state index in [-0.39, 0.29) is 6.04 Å². The Morgan fingerprint density at radius 2 is 2.17 bits per heavy atom. The second-order valence-corrected chi connectivity index (χ2v) is 8.59. The fourth-order valence-electron chi connectivity index (χ4n) is 3.24. The number of thiazole rings is 1. The molecule has 1 aromatic carbocycles. The zero-order valence-electron chi connectivity index (χ0n) is 17.2. The monoisotopic (exact) mass is 448 g/mol.